The van der Waals surface area contributed by atoms with E-state index in [0.29, 0.717) is 0 Å². The summed E-state index contributed by atoms with van der Waals surface area (Å²) in [5.74, 6) is 2.06. The third-order valence-electron chi connectivity index (χ3n) is 2.55. The van der Waals surface area contributed by atoms with Gasteiger partial charge in [0.2, 0.25) is 0 Å². The normalized spacial score (nSPS) is 10.9. The molecule has 1 N–H and O–H groups in total. The van der Waals surface area contributed by atoms with Crippen molar-refractivity contribution in [1.29, 1.82) is 0 Å². The largest absolute Gasteiger partial charge is 0.465 e. The number of nitrogens with one attached hydrogen (secondary N) is 1. The van der Waals surface area contributed by atoms with Crippen LogP contribution >= 0.6 is 11.3 Å². The summed E-state index contributed by atoms with van der Waals surface area (Å²) < 4.78 is 5.61. The molecule has 0 amide bonds. The van der Waals surface area contributed by atoms with Gasteiger partial charge in [0, 0.05) is 30.5 Å². The Morgan fingerprint density at radius 3 is 2.82 bits per heavy atom. The van der Waals surface area contributed by atoms with Gasteiger partial charge in [-0.05, 0) is 19.1 Å². The van der Waals surface area contributed by atoms with Crippen LogP contribution in [0.1, 0.15) is 29.1 Å². The van der Waals surface area contributed by atoms with Crippen molar-refractivity contribution in [2.45, 2.75) is 33.2 Å². The molecule has 0 spiro atoms. The van der Waals surface area contributed by atoms with E-state index in [0.717, 1.165) is 43.1 Å². The quantitative estimate of drug-likeness (QED) is 0.801. The first-order valence-electron chi connectivity index (χ1n) is 5.97. The minimum absolute atomic E-state index is 0.796. The molecule has 2 heterocycles. The SMILES string of the molecule is CCc1ccc(CNCCc2nc(C)cs2)o1. The van der Waals surface area contributed by atoms with Crippen molar-refractivity contribution in [2.75, 3.05) is 6.54 Å². The molecule has 0 aliphatic carbocycles. The van der Waals surface area contributed by atoms with Crippen LogP contribution in [0.15, 0.2) is 21.9 Å². The molecule has 2 aromatic heterocycles. The van der Waals surface area contributed by atoms with Crippen LogP contribution in [0.4, 0.5) is 0 Å². The van der Waals surface area contributed by atoms with Gasteiger partial charge >= 0.3 is 0 Å². The van der Waals surface area contributed by atoms with Gasteiger partial charge in [0.05, 0.1) is 11.6 Å². The van der Waals surface area contributed by atoms with Gasteiger partial charge in [-0.25, -0.2) is 4.98 Å². The number of hydrogen-bond donors (Lipinski definition) is 1. The number of hydrogen-bond acceptors (Lipinski definition) is 4. The molecule has 92 valence electrons. The van der Waals surface area contributed by atoms with E-state index in [2.05, 4.69) is 22.6 Å². The summed E-state index contributed by atoms with van der Waals surface area (Å²) in [7, 11) is 0. The molecule has 0 atom stereocenters. The Balaban J connectivity index is 1.69. The van der Waals surface area contributed by atoms with Gasteiger partial charge in [0.15, 0.2) is 0 Å². The lowest BCUT2D eigenvalue weighted by atomic mass is 10.3. The second kappa shape index (κ2) is 5.98. The molecule has 0 aromatic carbocycles. The lowest BCUT2D eigenvalue weighted by Gasteiger charge is -2.00. The molecule has 3 nitrogen and oxygen atoms in total. The summed E-state index contributed by atoms with van der Waals surface area (Å²) in [5, 5.41) is 6.66. The van der Waals surface area contributed by atoms with Gasteiger partial charge in [-0.1, -0.05) is 6.92 Å². The molecule has 0 bridgehead atoms. The first-order valence-corrected chi connectivity index (χ1v) is 6.85. The topological polar surface area (TPSA) is 38.1 Å². The lowest BCUT2D eigenvalue weighted by molar-refractivity contribution is 0.451. The van der Waals surface area contributed by atoms with Crippen LogP contribution in [0.3, 0.4) is 0 Å². The van der Waals surface area contributed by atoms with Gasteiger partial charge < -0.3 is 9.73 Å². The molecule has 17 heavy (non-hydrogen) atoms. The highest BCUT2D eigenvalue weighted by Crippen LogP contribution is 2.09. The van der Waals surface area contributed by atoms with Crippen LogP contribution in [-0.4, -0.2) is 11.5 Å². The van der Waals surface area contributed by atoms with E-state index in [1.165, 1.54) is 5.01 Å². The van der Waals surface area contributed by atoms with E-state index < -0.39 is 0 Å². The maximum atomic E-state index is 5.61. The van der Waals surface area contributed by atoms with E-state index in [4.69, 9.17) is 4.42 Å². The predicted molar refractivity (Wildman–Crippen MR) is 70.3 cm³/mol. The summed E-state index contributed by atoms with van der Waals surface area (Å²) in [6.45, 7) is 5.86. The smallest absolute Gasteiger partial charge is 0.117 e. The average molecular weight is 250 g/mol. The van der Waals surface area contributed by atoms with Crippen molar-refractivity contribution in [2.24, 2.45) is 0 Å². The number of rotatable bonds is 6. The second-order valence-corrected chi connectivity index (χ2v) is 4.97. The number of nitrogens with zero attached hydrogens (tertiary/aromatic N) is 1. The fraction of sp³-hybridized carbons (Fsp3) is 0.462. The van der Waals surface area contributed by atoms with E-state index in [9.17, 15) is 0 Å². The van der Waals surface area contributed by atoms with Crippen molar-refractivity contribution < 1.29 is 4.42 Å². The van der Waals surface area contributed by atoms with Gasteiger partial charge in [0.1, 0.15) is 11.5 Å². The first-order chi connectivity index (χ1) is 8.28. The van der Waals surface area contributed by atoms with Crippen LogP contribution in [0.2, 0.25) is 0 Å². The molecular weight excluding hydrogens is 232 g/mol. The van der Waals surface area contributed by atoms with Crippen LogP contribution in [0, 0.1) is 6.92 Å². The highest BCUT2D eigenvalue weighted by atomic mass is 32.1. The molecule has 2 aromatic rings. The van der Waals surface area contributed by atoms with Gasteiger partial charge in [0.25, 0.3) is 0 Å². The van der Waals surface area contributed by atoms with Gasteiger partial charge in [-0.15, -0.1) is 11.3 Å². The Labute approximate surface area is 106 Å². The number of thiazole rings is 1. The third kappa shape index (κ3) is 3.68. The monoisotopic (exact) mass is 250 g/mol. The van der Waals surface area contributed by atoms with Crippen LogP contribution in [0.5, 0.6) is 0 Å². The Kier molecular flexibility index (Phi) is 4.34. The summed E-state index contributed by atoms with van der Waals surface area (Å²) in [4.78, 5) is 4.43. The van der Waals surface area contributed by atoms with Crippen LogP contribution < -0.4 is 5.32 Å². The fourth-order valence-corrected chi connectivity index (χ4v) is 2.41. The van der Waals surface area contributed by atoms with Gasteiger partial charge in [-0.2, -0.15) is 0 Å². The zero-order valence-electron chi connectivity index (χ0n) is 10.3. The van der Waals surface area contributed by atoms with Crippen molar-refractivity contribution in [3.63, 3.8) is 0 Å². The third-order valence-corrected chi connectivity index (χ3v) is 3.57. The van der Waals surface area contributed by atoms with Crippen molar-refractivity contribution in [1.82, 2.24) is 10.3 Å². The van der Waals surface area contributed by atoms with Crippen molar-refractivity contribution in [3.05, 3.63) is 39.7 Å². The van der Waals surface area contributed by atoms with Crippen LogP contribution in [0.25, 0.3) is 0 Å². The van der Waals surface area contributed by atoms with Crippen LogP contribution in [-0.2, 0) is 19.4 Å². The molecule has 0 saturated heterocycles. The minimum atomic E-state index is 0.796. The summed E-state index contributed by atoms with van der Waals surface area (Å²) in [6.07, 6.45) is 1.94. The Bertz CT molecular complexity index is 461. The Morgan fingerprint density at radius 2 is 2.18 bits per heavy atom. The maximum absolute atomic E-state index is 5.61. The highest BCUT2D eigenvalue weighted by Gasteiger charge is 2.01. The lowest BCUT2D eigenvalue weighted by Crippen LogP contribution is -2.16. The number of furan rings is 1. The molecule has 0 fully saturated rings. The molecule has 0 aliphatic rings. The minimum Gasteiger partial charge on any atom is -0.465 e. The highest BCUT2D eigenvalue weighted by molar-refractivity contribution is 7.09. The molecule has 0 saturated carbocycles. The van der Waals surface area contributed by atoms with E-state index >= 15 is 0 Å². The van der Waals surface area contributed by atoms with Gasteiger partial charge in [-0.3, -0.25) is 0 Å². The molecule has 0 aliphatic heterocycles. The molecule has 0 radical (unpaired) electrons. The van der Waals surface area contributed by atoms with E-state index in [-0.39, 0.29) is 0 Å². The summed E-state index contributed by atoms with van der Waals surface area (Å²) in [5.41, 5.74) is 1.11. The van der Waals surface area contributed by atoms with Crippen molar-refractivity contribution >= 4 is 11.3 Å². The molecule has 2 rings (SSSR count). The number of aromatic nitrogens is 1. The first kappa shape index (κ1) is 12.3. The fourth-order valence-electron chi connectivity index (χ4n) is 1.63. The zero-order valence-corrected chi connectivity index (χ0v) is 11.1. The predicted octanol–water partition coefficient (Wildman–Crippen LogP) is 2.94. The van der Waals surface area contributed by atoms with E-state index in [1.807, 2.05) is 19.1 Å². The standard InChI is InChI=1S/C13H18N2OS/c1-3-11-4-5-12(16-11)8-14-7-6-13-15-10(2)9-17-13/h4-5,9,14H,3,6-8H2,1-2H3. The zero-order chi connectivity index (χ0) is 12.1. The average Bonchev–Trinajstić information content (AvgIpc) is 2.93. The van der Waals surface area contributed by atoms with E-state index in [1.54, 1.807) is 11.3 Å². The van der Waals surface area contributed by atoms with Crippen molar-refractivity contribution in [3.8, 4) is 0 Å². The summed E-state index contributed by atoms with van der Waals surface area (Å²) in [6, 6.07) is 4.08. The molecular formula is C13H18N2OS. The second-order valence-electron chi connectivity index (χ2n) is 4.03. The molecule has 4 heteroatoms. The Hall–Kier alpha value is -1.13. The number of aryl methyl sites for hydroxylation is 2. The maximum Gasteiger partial charge on any atom is 0.117 e. The Morgan fingerprint density at radius 1 is 1.35 bits per heavy atom. The molecule has 0 unspecified atom stereocenters. The summed E-state index contributed by atoms with van der Waals surface area (Å²) >= 11 is 1.73.